The number of aromatic hydroxyl groups is 1. The van der Waals surface area contributed by atoms with Crippen LogP contribution in [0.5, 0.6) is 5.75 Å². The first-order valence-corrected chi connectivity index (χ1v) is 8.51. The van der Waals surface area contributed by atoms with Gasteiger partial charge in [-0.05, 0) is 48.9 Å². The molecule has 2 saturated heterocycles. The minimum absolute atomic E-state index is 0.0330. The molecule has 4 heteroatoms. The van der Waals surface area contributed by atoms with E-state index in [1.165, 1.54) is 11.1 Å². The lowest BCUT2D eigenvalue weighted by molar-refractivity contribution is -0.0538. The van der Waals surface area contributed by atoms with E-state index in [-0.39, 0.29) is 5.60 Å². The molecule has 4 rings (SSSR count). The van der Waals surface area contributed by atoms with Crippen LogP contribution in [-0.4, -0.2) is 54.6 Å². The van der Waals surface area contributed by atoms with Crippen molar-refractivity contribution >= 4 is 0 Å². The van der Waals surface area contributed by atoms with Crippen molar-refractivity contribution < 1.29 is 14.6 Å². The molecule has 2 unspecified atom stereocenters. The first-order valence-electron chi connectivity index (χ1n) is 8.51. The number of phenolic OH excluding ortho intramolecular Hbond substituents is 1. The third-order valence-corrected chi connectivity index (χ3v) is 5.45. The van der Waals surface area contributed by atoms with Gasteiger partial charge in [-0.1, -0.05) is 6.07 Å². The minimum atomic E-state index is 0.0330. The van der Waals surface area contributed by atoms with Crippen LogP contribution in [0.25, 0.3) is 0 Å². The number of ether oxygens (including phenoxy) is 2. The van der Waals surface area contributed by atoms with Crippen molar-refractivity contribution in [2.24, 2.45) is 0 Å². The number of fused-ring (bicyclic) bond motifs is 1. The summed E-state index contributed by atoms with van der Waals surface area (Å²) >= 11 is 0. The van der Waals surface area contributed by atoms with Crippen LogP contribution in [0.2, 0.25) is 0 Å². The number of phenols is 1. The second-order valence-electron chi connectivity index (χ2n) is 7.02. The summed E-state index contributed by atoms with van der Waals surface area (Å²) in [5.41, 5.74) is 2.72. The van der Waals surface area contributed by atoms with E-state index in [1.807, 2.05) is 6.07 Å². The Bertz CT molecular complexity index is 539. The molecule has 0 aromatic heterocycles. The normalized spacial score (nSPS) is 32.3. The van der Waals surface area contributed by atoms with Gasteiger partial charge < -0.3 is 19.5 Å². The van der Waals surface area contributed by atoms with Gasteiger partial charge in [0.1, 0.15) is 5.75 Å². The maximum Gasteiger partial charge on any atom is 0.115 e. The minimum Gasteiger partial charge on any atom is -0.508 e. The van der Waals surface area contributed by atoms with Crippen molar-refractivity contribution in [1.29, 1.82) is 0 Å². The Morgan fingerprint density at radius 1 is 1.18 bits per heavy atom. The van der Waals surface area contributed by atoms with Crippen LogP contribution in [0.4, 0.5) is 0 Å². The quantitative estimate of drug-likeness (QED) is 0.909. The summed E-state index contributed by atoms with van der Waals surface area (Å²) in [6.07, 6.45) is 5.82. The molecule has 0 bridgehead atoms. The molecule has 0 aliphatic carbocycles. The van der Waals surface area contributed by atoms with Crippen molar-refractivity contribution in [2.75, 3.05) is 32.8 Å². The molecule has 0 amide bonds. The van der Waals surface area contributed by atoms with Crippen LogP contribution in [0.15, 0.2) is 18.2 Å². The zero-order chi connectivity index (χ0) is 15.0. The Balaban J connectivity index is 1.35. The van der Waals surface area contributed by atoms with Crippen LogP contribution in [0, 0.1) is 0 Å². The van der Waals surface area contributed by atoms with Gasteiger partial charge in [0.25, 0.3) is 0 Å². The van der Waals surface area contributed by atoms with Gasteiger partial charge in [0.2, 0.25) is 0 Å². The fourth-order valence-electron chi connectivity index (χ4n) is 4.13. The molecule has 1 aromatic rings. The molecule has 2 atom stereocenters. The van der Waals surface area contributed by atoms with Crippen LogP contribution in [0.1, 0.15) is 30.4 Å². The maximum atomic E-state index is 9.65. The largest absolute Gasteiger partial charge is 0.508 e. The van der Waals surface area contributed by atoms with E-state index in [2.05, 4.69) is 11.0 Å². The number of rotatable bonds is 2. The summed E-state index contributed by atoms with van der Waals surface area (Å²) in [5.74, 6) is 0.384. The molecule has 120 valence electrons. The summed E-state index contributed by atoms with van der Waals surface area (Å²) in [7, 11) is 0. The number of benzene rings is 1. The Kier molecular flexibility index (Phi) is 3.84. The molecule has 0 radical (unpaired) electrons. The van der Waals surface area contributed by atoms with Crippen LogP contribution in [-0.2, 0) is 22.3 Å². The topological polar surface area (TPSA) is 41.9 Å². The summed E-state index contributed by atoms with van der Waals surface area (Å²) in [6.45, 7) is 4.81. The molecule has 0 saturated carbocycles. The van der Waals surface area contributed by atoms with E-state index < -0.39 is 0 Å². The lowest BCUT2D eigenvalue weighted by Gasteiger charge is -2.26. The monoisotopic (exact) mass is 303 g/mol. The van der Waals surface area contributed by atoms with Gasteiger partial charge in [0.15, 0.2) is 0 Å². The standard InChI is InChI=1S/C18H25NO3/c20-16-2-1-14-4-8-19(9-5-15(14)11-16)12-17-3-6-18(22-17)7-10-21-13-18/h1-2,11,17,20H,3-10,12-13H2. The van der Waals surface area contributed by atoms with Crippen LogP contribution < -0.4 is 0 Å². The highest BCUT2D eigenvalue weighted by atomic mass is 16.6. The molecule has 3 aliphatic heterocycles. The van der Waals surface area contributed by atoms with Crippen molar-refractivity contribution in [3.8, 4) is 5.75 Å². The average Bonchev–Trinajstić information content (AvgIpc) is 3.08. The number of nitrogens with zero attached hydrogens (tertiary/aromatic N) is 1. The summed E-state index contributed by atoms with van der Waals surface area (Å²) < 4.78 is 11.9. The fourth-order valence-corrected chi connectivity index (χ4v) is 4.13. The van der Waals surface area contributed by atoms with Crippen molar-refractivity contribution in [1.82, 2.24) is 4.90 Å². The zero-order valence-electron chi connectivity index (χ0n) is 13.1. The van der Waals surface area contributed by atoms with Gasteiger partial charge in [0, 0.05) is 32.7 Å². The van der Waals surface area contributed by atoms with E-state index in [4.69, 9.17) is 9.47 Å². The van der Waals surface area contributed by atoms with E-state index in [0.29, 0.717) is 11.9 Å². The second kappa shape index (κ2) is 5.84. The predicted octanol–water partition coefficient (Wildman–Crippen LogP) is 2.13. The third kappa shape index (κ3) is 2.87. The predicted molar refractivity (Wildman–Crippen MR) is 84.2 cm³/mol. The molecule has 3 aliphatic rings. The second-order valence-corrected chi connectivity index (χ2v) is 7.02. The van der Waals surface area contributed by atoms with Gasteiger partial charge in [-0.15, -0.1) is 0 Å². The third-order valence-electron chi connectivity index (χ3n) is 5.45. The van der Waals surface area contributed by atoms with Gasteiger partial charge in [-0.3, -0.25) is 0 Å². The van der Waals surface area contributed by atoms with E-state index in [9.17, 15) is 5.11 Å². The zero-order valence-corrected chi connectivity index (χ0v) is 13.1. The molecular weight excluding hydrogens is 278 g/mol. The summed E-state index contributed by atoms with van der Waals surface area (Å²) in [4.78, 5) is 2.52. The van der Waals surface area contributed by atoms with Crippen molar-refractivity contribution in [3.05, 3.63) is 29.3 Å². The first kappa shape index (κ1) is 14.5. The molecule has 1 spiro atoms. The van der Waals surface area contributed by atoms with E-state index >= 15 is 0 Å². The Morgan fingerprint density at radius 2 is 2.05 bits per heavy atom. The Labute approximate surface area is 132 Å². The Hall–Kier alpha value is -1.10. The molecule has 4 nitrogen and oxygen atoms in total. The highest BCUT2D eigenvalue weighted by molar-refractivity contribution is 5.36. The molecule has 22 heavy (non-hydrogen) atoms. The molecular formula is C18H25NO3. The highest BCUT2D eigenvalue weighted by Gasteiger charge is 2.43. The van der Waals surface area contributed by atoms with E-state index in [0.717, 1.165) is 65.0 Å². The van der Waals surface area contributed by atoms with Gasteiger partial charge >= 0.3 is 0 Å². The fraction of sp³-hybridized carbons (Fsp3) is 0.667. The SMILES string of the molecule is Oc1ccc2c(c1)CCN(CC1CCC3(CCOC3)O1)CC2. The summed E-state index contributed by atoms with van der Waals surface area (Å²) in [6, 6.07) is 5.80. The number of hydrogen-bond acceptors (Lipinski definition) is 4. The average molecular weight is 303 g/mol. The lowest BCUT2D eigenvalue weighted by atomic mass is 9.99. The van der Waals surface area contributed by atoms with Gasteiger partial charge in [0.05, 0.1) is 18.3 Å². The summed E-state index contributed by atoms with van der Waals surface area (Å²) in [5, 5.41) is 9.65. The maximum absolute atomic E-state index is 9.65. The molecule has 1 aromatic carbocycles. The highest BCUT2D eigenvalue weighted by Crippen LogP contribution is 2.37. The lowest BCUT2D eigenvalue weighted by Crippen LogP contribution is -2.37. The van der Waals surface area contributed by atoms with Crippen LogP contribution in [0.3, 0.4) is 0 Å². The van der Waals surface area contributed by atoms with Crippen molar-refractivity contribution in [2.45, 2.75) is 43.8 Å². The first-order chi connectivity index (χ1) is 10.7. The smallest absolute Gasteiger partial charge is 0.115 e. The molecule has 3 heterocycles. The Morgan fingerprint density at radius 3 is 2.86 bits per heavy atom. The van der Waals surface area contributed by atoms with E-state index in [1.54, 1.807) is 6.07 Å². The van der Waals surface area contributed by atoms with Gasteiger partial charge in [-0.2, -0.15) is 0 Å². The van der Waals surface area contributed by atoms with Crippen LogP contribution >= 0.6 is 0 Å². The van der Waals surface area contributed by atoms with Crippen molar-refractivity contribution in [3.63, 3.8) is 0 Å². The molecule has 1 N–H and O–H groups in total. The van der Waals surface area contributed by atoms with Gasteiger partial charge in [-0.25, -0.2) is 0 Å². The molecule has 2 fully saturated rings. The number of hydrogen-bond donors (Lipinski definition) is 1.